The lowest BCUT2D eigenvalue weighted by molar-refractivity contribution is -0.142. The number of rotatable bonds is 8. The molecule has 0 saturated heterocycles. The highest BCUT2D eigenvalue weighted by Crippen LogP contribution is 2.50. The third-order valence-corrected chi connectivity index (χ3v) is 7.87. The Kier molecular flexibility index (Phi) is 6.47. The highest BCUT2D eigenvalue weighted by atomic mass is 16.5. The van der Waals surface area contributed by atoms with Crippen molar-refractivity contribution in [1.82, 2.24) is 10.6 Å². The molecule has 3 aliphatic rings. The molecule has 0 bridgehead atoms. The lowest BCUT2D eigenvalue weighted by Gasteiger charge is -2.40. The number of aliphatic hydroxyl groups excluding tert-OH is 1. The number of carbonyl (C=O) groups excluding carboxylic acids is 2. The summed E-state index contributed by atoms with van der Waals surface area (Å²) in [5, 5.41) is 23.7. The van der Waals surface area contributed by atoms with Gasteiger partial charge in [-0.3, -0.25) is 4.79 Å². The van der Waals surface area contributed by atoms with Crippen LogP contribution in [0, 0.1) is 17.8 Å². The van der Waals surface area contributed by atoms with Crippen molar-refractivity contribution in [1.29, 1.82) is 0 Å². The molecule has 5 atom stereocenters. The molecule has 8 nitrogen and oxygen atoms in total. The number of carboxylic acid groups (broad SMARTS) is 1. The Morgan fingerprint density at radius 2 is 1.63 bits per heavy atom. The molecule has 5 unspecified atom stereocenters. The molecule has 184 valence electrons. The lowest BCUT2D eigenvalue weighted by Crippen LogP contribution is -2.50. The van der Waals surface area contributed by atoms with Crippen LogP contribution in [0.3, 0.4) is 0 Å². The Hall–Kier alpha value is -3.39. The number of fused-ring (bicyclic) bond motifs is 4. The van der Waals surface area contributed by atoms with Gasteiger partial charge in [-0.15, -0.1) is 0 Å². The number of carboxylic acids is 1. The maximum atomic E-state index is 12.6. The fourth-order valence-corrected chi connectivity index (χ4v) is 6.07. The number of hydrogen-bond donors (Lipinski definition) is 4. The van der Waals surface area contributed by atoms with Crippen molar-refractivity contribution < 1.29 is 29.3 Å². The molecule has 2 saturated carbocycles. The summed E-state index contributed by atoms with van der Waals surface area (Å²) in [4.78, 5) is 36.4. The average Bonchev–Trinajstić information content (AvgIpc) is 3.36. The zero-order valence-electron chi connectivity index (χ0n) is 19.4. The van der Waals surface area contributed by atoms with Gasteiger partial charge >= 0.3 is 12.1 Å². The van der Waals surface area contributed by atoms with Gasteiger partial charge in [0.15, 0.2) is 0 Å². The van der Waals surface area contributed by atoms with Crippen molar-refractivity contribution in [2.24, 2.45) is 17.8 Å². The smallest absolute Gasteiger partial charge is 0.407 e. The quantitative estimate of drug-likeness (QED) is 0.462. The average molecular weight is 479 g/mol. The van der Waals surface area contributed by atoms with E-state index in [1.54, 1.807) is 0 Å². The van der Waals surface area contributed by atoms with Crippen molar-refractivity contribution in [3.05, 3.63) is 59.7 Å². The largest absolute Gasteiger partial charge is 0.480 e. The predicted octanol–water partition coefficient (Wildman–Crippen LogP) is 2.89. The van der Waals surface area contributed by atoms with Crippen molar-refractivity contribution in [3.63, 3.8) is 0 Å². The van der Waals surface area contributed by atoms with E-state index in [-0.39, 0.29) is 49.3 Å². The van der Waals surface area contributed by atoms with Crippen LogP contribution in [-0.4, -0.2) is 53.5 Å². The van der Waals surface area contributed by atoms with Crippen LogP contribution < -0.4 is 10.6 Å². The number of amides is 2. The topological polar surface area (TPSA) is 125 Å². The van der Waals surface area contributed by atoms with E-state index in [0.29, 0.717) is 18.8 Å². The van der Waals surface area contributed by atoms with E-state index in [9.17, 15) is 19.5 Å². The minimum atomic E-state index is -1.15. The van der Waals surface area contributed by atoms with Gasteiger partial charge < -0.3 is 25.6 Å². The number of nitrogens with one attached hydrogen (secondary N) is 2. The molecule has 5 rings (SSSR count). The second-order valence-electron chi connectivity index (χ2n) is 9.82. The van der Waals surface area contributed by atoms with Gasteiger partial charge in [0.1, 0.15) is 12.6 Å². The zero-order chi connectivity index (χ0) is 24.5. The molecule has 2 amide bonds. The summed E-state index contributed by atoms with van der Waals surface area (Å²) in [6.45, 7) is -0.0492. The van der Waals surface area contributed by atoms with Crippen LogP contribution in [0.4, 0.5) is 4.79 Å². The minimum absolute atomic E-state index is 0.00273. The van der Waals surface area contributed by atoms with Crippen LogP contribution in [0.2, 0.25) is 0 Å². The van der Waals surface area contributed by atoms with Gasteiger partial charge in [-0.25, -0.2) is 9.59 Å². The van der Waals surface area contributed by atoms with E-state index in [0.717, 1.165) is 17.5 Å². The van der Waals surface area contributed by atoms with E-state index in [1.165, 1.54) is 11.1 Å². The molecular formula is C27H30N2O6. The third kappa shape index (κ3) is 4.50. The molecule has 2 aromatic rings. The van der Waals surface area contributed by atoms with Crippen molar-refractivity contribution in [2.75, 3.05) is 13.2 Å². The molecule has 35 heavy (non-hydrogen) atoms. The maximum Gasteiger partial charge on any atom is 0.407 e. The molecule has 0 spiro atoms. The van der Waals surface area contributed by atoms with E-state index in [1.807, 2.05) is 24.3 Å². The highest BCUT2D eigenvalue weighted by molar-refractivity contribution is 5.85. The Balaban J connectivity index is 1.13. The van der Waals surface area contributed by atoms with E-state index < -0.39 is 18.1 Å². The van der Waals surface area contributed by atoms with E-state index in [2.05, 4.69) is 34.9 Å². The zero-order valence-corrected chi connectivity index (χ0v) is 19.4. The van der Waals surface area contributed by atoms with Crippen LogP contribution in [0.25, 0.3) is 11.1 Å². The van der Waals surface area contributed by atoms with Gasteiger partial charge in [-0.1, -0.05) is 48.5 Å². The SMILES string of the molecule is O=C(NC1CC2CC(C(=O)NC(CCO)C(=O)O)CC21)OCC1c2ccccc2-c2ccccc21. The Labute approximate surface area is 203 Å². The first-order valence-electron chi connectivity index (χ1n) is 12.2. The summed E-state index contributed by atoms with van der Waals surface area (Å²) in [5.74, 6) is -1.19. The number of ether oxygens (including phenoxy) is 1. The van der Waals surface area contributed by atoms with Gasteiger partial charge in [0.25, 0.3) is 0 Å². The van der Waals surface area contributed by atoms with Gasteiger partial charge in [-0.05, 0) is 53.4 Å². The predicted molar refractivity (Wildman–Crippen MR) is 128 cm³/mol. The molecule has 3 aliphatic carbocycles. The molecular weight excluding hydrogens is 448 g/mol. The molecule has 0 heterocycles. The first-order chi connectivity index (χ1) is 17.0. The monoisotopic (exact) mass is 478 g/mol. The van der Waals surface area contributed by atoms with Crippen molar-refractivity contribution >= 4 is 18.0 Å². The minimum Gasteiger partial charge on any atom is -0.480 e. The molecule has 0 aliphatic heterocycles. The first kappa shape index (κ1) is 23.4. The third-order valence-electron chi connectivity index (χ3n) is 7.87. The molecule has 8 heteroatoms. The summed E-state index contributed by atoms with van der Waals surface area (Å²) in [6, 6.07) is 15.3. The molecule has 0 radical (unpaired) electrons. The van der Waals surface area contributed by atoms with Crippen LogP contribution in [-0.2, 0) is 14.3 Å². The van der Waals surface area contributed by atoms with Crippen LogP contribution in [0.15, 0.2) is 48.5 Å². The summed E-state index contributed by atoms with van der Waals surface area (Å²) in [7, 11) is 0. The van der Waals surface area contributed by atoms with Gasteiger partial charge in [0.2, 0.25) is 5.91 Å². The molecule has 0 aromatic heterocycles. The van der Waals surface area contributed by atoms with E-state index in [4.69, 9.17) is 9.84 Å². The lowest BCUT2D eigenvalue weighted by atomic mass is 9.71. The Morgan fingerprint density at radius 1 is 0.971 bits per heavy atom. The number of aliphatic hydroxyl groups is 1. The molecule has 2 aromatic carbocycles. The van der Waals surface area contributed by atoms with Crippen LogP contribution >= 0.6 is 0 Å². The fraction of sp³-hybridized carbons (Fsp3) is 0.444. The number of alkyl carbamates (subject to hydrolysis) is 1. The summed E-state index contributed by atoms with van der Waals surface area (Å²) in [5.41, 5.74) is 4.68. The van der Waals surface area contributed by atoms with Crippen molar-refractivity contribution in [3.8, 4) is 11.1 Å². The second kappa shape index (κ2) is 9.70. The highest BCUT2D eigenvalue weighted by Gasteiger charge is 2.50. The summed E-state index contributed by atoms with van der Waals surface area (Å²) >= 11 is 0. The maximum absolute atomic E-state index is 12.6. The van der Waals surface area contributed by atoms with E-state index >= 15 is 0 Å². The number of hydrogen-bond acceptors (Lipinski definition) is 5. The normalized spacial score (nSPS) is 24.9. The first-order valence-corrected chi connectivity index (χ1v) is 12.2. The Morgan fingerprint density at radius 3 is 2.26 bits per heavy atom. The van der Waals surface area contributed by atoms with Crippen molar-refractivity contribution in [2.45, 2.75) is 43.7 Å². The van der Waals surface area contributed by atoms with Crippen LogP contribution in [0.5, 0.6) is 0 Å². The van der Waals surface area contributed by atoms with Gasteiger partial charge in [0.05, 0.1) is 0 Å². The van der Waals surface area contributed by atoms with Crippen LogP contribution in [0.1, 0.15) is 42.7 Å². The standard InChI is InChI=1S/C27H30N2O6/c30-10-9-23(26(32)33)28-25(31)16-11-15-13-24(21(15)12-16)29-27(34)35-14-22-19-7-3-1-5-17(19)18-6-2-4-8-20(18)22/h1-8,15-16,21-24,30H,9-14H2,(H,28,31)(H,29,34)(H,32,33). The fourth-order valence-electron chi connectivity index (χ4n) is 6.07. The number of benzene rings is 2. The second-order valence-corrected chi connectivity index (χ2v) is 9.82. The molecule has 2 fully saturated rings. The Bertz CT molecular complexity index is 1090. The molecule has 4 N–H and O–H groups in total. The number of aliphatic carboxylic acids is 1. The van der Waals surface area contributed by atoms with Gasteiger partial charge in [-0.2, -0.15) is 0 Å². The summed E-state index contributed by atoms with van der Waals surface area (Å²) in [6.07, 6.45) is 1.61. The van der Waals surface area contributed by atoms with Gasteiger partial charge in [0, 0.05) is 30.9 Å². The number of carbonyl (C=O) groups is 3. The summed E-state index contributed by atoms with van der Waals surface area (Å²) < 4.78 is 5.66.